The number of aliphatic hydroxyl groups is 1. The second-order valence-electron chi connectivity index (χ2n) is 5.18. The van der Waals surface area contributed by atoms with Crippen LogP contribution >= 0.6 is 31.9 Å². The molecule has 0 aliphatic heterocycles. The van der Waals surface area contributed by atoms with Crippen LogP contribution in [0.5, 0.6) is 0 Å². The van der Waals surface area contributed by atoms with Crippen molar-refractivity contribution in [3.05, 3.63) is 9.47 Å². The summed E-state index contributed by atoms with van der Waals surface area (Å²) in [4.78, 5) is 0. The normalized spacial score (nSPS) is 44.1. The van der Waals surface area contributed by atoms with Crippen LogP contribution < -0.4 is 0 Å². The lowest BCUT2D eigenvalue weighted by atomic mass is 9.68. The van der Waals surface area contributed by atoms with Crippen molar-refractivity contribution >= 4 is 31.9 Å². The zero-order valence-electron chi connectivity index (χ0n) is 8.56. The number of halogens is 2. The first-order chi connectivity index (χ1) is 6.40. The Morgan fingerprint density at radius 1 is 1.43 bits per heavy atom. The van der Waals surface area contributed by atoms with Crippen molar-refractivity contribution < 1.29 is 5.11 Å². The van der Waals surface area contributed by atoms with Crippen LogP contribution in [0.15, 0.2) is 9.47 Å². The van der Waals surface area contributed by atoms with Crippen molar-refractivity contribution in [2.24, 2.45) is 16.7 Å². The van der Waals surface area contributed by atoms with E-state index in [0.29, 0.717) is 5.92 Å². The van der Waals surface area contributed by atoms with Gasteiger partial charge in [-0.25, -0.2) is 0 Å². The molecule has 14 heavy (non-hydrogen) atoms. The highest BCUT2D eigenvalue weighted by Crippen LogP contribution is 2.66. The summed E-state index contributed by atoms with van der Waals surface area (Å²) in [7, 11) is 0. The van der Waals surface area contributed by atoms with Crippen LogP contribution in [0.4, 0.5) is 0 Å². The fraction of sp³-hybridized carbons (Fsp3) is 0.818. The summed E-state index contributed by atoms with van der Waals surface area (Å²) in [6, 6.07) is 0. The minimum atomic E-state index is -0.165. The Morgan fingerprint density at radius 3 is 2.43 bits per heavy atom. The molecule has 0 aromatic heterocycles. The molecular weight excluding hydrogens is 308 g/mol. The molecule has 0 aromatic carbocycles. The lowest BCUT2D eigenvalue weighted by Gasteiger charge is -2.38. The molecule has 3 atom stereocenters. The Bertz CT molecular complexity index is 281. The fourth-order valence-corrected chi connectivity index (χ4v) is 4.33. The van der Waals surface area contributed by atoms with E-state index in [9.17, 15) is 5.11 Å². The topological polar surface area (TPSA) is 20.2 Å². The van der Waals surface area contributed by atoms with Gasteiger partial charge in [0.1, 0.15) is 0 Å². The molecule has 1 nitrogen and oxygen atoms in total. The molecule has 80 valence electrons. The van der Waals surface area contributed by atoms with E-state index in [1.54, 1.807) is 0 Å². The molecule has 3 heteroatoms. The van der Waals surface area contributed by atoms with Gasteiger partial charge in [-0.2, -0.15) is 0 Å². The van der Waals surface area contributed by atoms with E-state index in [-0.39, 0.29) is 16.9 Å². The van der Waals surface area contributed by atoms with Gasteiger partial charge in [0.05, 0.1) is 9.50 Å². The third kappa shape index (κ3) is 1.28. The van der Waals surface area contributed by atoms with E-state index >= 15 is 0 Å². The molecule has 2 saturated carbocycles. The Balaban J connectivity index is 2.44. The maximum Gasteiger partial charge on any atom is 0.0639 e. The van der Waals surface area contributed by atoms with Gasteiger partial charge in [0.25, 0.3) is 0 Å². The van der Waals surface area contributed by atoms with E-state index in [1.165, 1.54) is 6.42 Å². The van der Waals surface area contributed by atoms with E-state index in [1.807, 2.05) is 0 Å². The second kappa shape index (κ2) is 3.33. The molecule has 2 aliphatic carbocycles. The molecule has 2 aliphatic rings. The van der Waals surface area contributed by atoms with Gasteiger partial charge in [0, 0.05) is 5.41 Å². The number of rotatable bonds is 1. The van der Waals surface area contributed by atoms with E-state index in [2.05, 4.69) is 51.8 Å². The van der Waals surface area contributed by atoms with E-state index in [4.69, 9.17) is 0 Å². The lowest BCUT2D eigenvalue weighted by molar-refractivity contribution is 0.0369. The Hall–Kier alpha value is 0.660. The predicted molar refractivity (Wildman–Crippen MR) is 65.5 cm³/mol. The van der Waals surface area contributed by atoms with Gasteiger partial charge >= 0.3 is 0 Å². The van der Waals surface area contributed by atoms with Gasteiger partial charge < -0.3 is 5.11 Å². The minimum absolute atomic E-state index is 0.0139. The van der Waals surface area contributed by atoms with Gasteiger partial charge in [-0.1, -0.05) is 19.9 Å². The SMILES string of the molecule is CC1(C)C2CCC1(C=C(Br)Br)C(O)C2. The van der Waals surface area contributed by atoms with Crippen LogP contribution in [-0.4, -0.2) is 11.2 Å². The standard InChI is InChI=1S/C11H16Br2O/c1-10(2)7-3-4-11(10,6-9(12)13)8(14)5-7/h6-8,14H,3-5H2,1-2H3. The van der Waals surface area contributed by atoms with Gasteiger partial charge in [-0.3, -0.25) is 0 Å². The highest BCUT2D eigenvalue weighted by atomic mass is 79.9. The Kier molecular flexibility index (Phi) is 2.65. The largest absolute Gasteiger partial charge is 0.392 e. The van der Waals surface area contributed by atoms with Crippen LogP contribution in [0, 0.1) is 16.7 Å². The quantitative estimate of drug-likeness (QED) is 0.778. The number of aliphatic hydroxyl groups excluding tert-OH is 1. The molecule has 0 saturated heterocycles. The number of fused-ring (bicyclic) bond motifs is 2. The van der Waals surface area contributed by atoms with Crippen LogP contribution in [0.3, 0.4) is 0 Å². The first-order valence-electron chi connectivity index (χ1n) is 5.12. The highest BCUT2D eigenvalue weighted by molar-refractivity contribution is 9.28. The van der Waals surface area contributed by atoms with Crippen LogP contribution in [-0.2, 0) is 0 Å². The van der Waals surface area contributed by atoms with Crippen molar-refractivity contribution in [3.63, 3.8) is 0 Å². The van der Waals surface area contributed by atoms with Crippen molar-refractivity contribution in [1.29, 1.82) is 0 Å². The lowest BCUT2D eigenvalue weighted by Crippen LogP contribution is -2.36. The average Bonchev–Trinajstić information content (AvgIpc) is 2.36. The van der Waals surface area contributed by atoms with Crippen LogP contribution in [0.1, 0.15) is 33.1 Å². The summed E-state index contributed by atoms with van der Waals surface area (Å²) < 4.78 is 0.972. The molecule has 0 radical (unpaired) electrons. The zero-order valence-corrected chi connectivity index (χ0v) is 11.7. The monoisotopic (exact) mass is 322 g/mol. The summed E-state index contributed by atoms with van der Waals surface area (Å²) in [5, 5.41) is 10.2. The second-order valence-corrected chi connectivity index (χ2v) is 7.96. The first-order valence-corrected chi connectivity index (χ1v) is 6.71. The molecule has 0 heterocycles. The van der Waals surface area contributed by atoms with E-state index in [0.717, 1.165) is 16.2 Å². The van der Waals surface area contributed by atoms with E-state index < -0.39 is 0 Å². The third-order valence-electron chi connectivity index (χ3n) is 4.60. The first kappa shape index (κ1) is 11.2. The van der Waals surface area contributed by atoms with Crippen molar-refractivity contribution in [2.45, 2.75) is 39.2 Å². The zero-order chi connectivity index (χ0) is 10.6. The maximum absolute atomic E-state index is 10.2. The summed E-state index contributed by atoms with van der Waals surface area (Å²) in [5.74, 6) is 0.688. The minimum Gasteiger partial charge on any atom is -0.392 e. The summed E-state index contributed by atoms with van der Waals surface area (Å²) in [6.07, 6.45) is 5.35. The molecule has 2 bridgehead atoms. The average molecular weight is 324 g/mol. The summed E-state index contributed by atoms with van der Waals surface area (Å²) in [6.45, 7) is 4.58. The molecule has 0 amide bonds. The van der Waals surface area contributed by atoms with Crippen molar-refractivity contribution in [3.8, 4) is 0 Å². The Morgan fingerprint density at radius 2 is 2.07 bits per heavy atom. The van der Waals surface area contributed by atoms with Gasteiger partial charge in [0.15, 0.2) is 0 Å². The molecule has 1 N–H and O–H groups in total. The fourth-order valence-electron chi connectivity index (χ4n) is 3.51. The highest BCUT2D eigenvalue weighted by Gasteiger charge is 2.62. The maximum atomic E-state index is 10.2. The molecule has 2 fully saturated rings. The molecule has 0 aromatic rings. The van der Waals surface area contributed by atoms with Gasteiger partial charge in [-0.15, -0.1) is 0 Å². The molecular formula is C11H16Br2O. The van der Waals surface area contributed by atoms with Crippen LogP contribution in [0.2, 0.25) is 0 Å². The van der Waals surface area contributed by atoms with Gasteiger partial charge in [-0.05, 0) is 62.5 Å². The predicted octanol–water partition coefficient (Wildman–Crippen LogP) is 3.80. The smallest absolute Gasteiger partial charge is 0.0639 e. The number of hydrogen-bond acceptors (Lipinski definition) is 1. The summed E-state index contributed by atoms with van der Waals surface area (Å²) >= 11 is 6.85. The number of hydrogen-bond donors (Lipinski definition) is 1. The summed E-state index contributed by atoms with van der Waals surface area (Å²) in [5.41, 5.74) is 0.221. The molecule has 0 spiro atoms. The van der Waals surface area contributed by atoms with Crippen molar-refractivity contribution in [2.75, 3.05) is 0 Å². The Labute approximate surface area is 102 Å². The van der Waals surface area contributed by atoms with Crippen molar-refractivity contribution in [1.82, 2.24) is 0 Å². The third-order valence-corrected chi connectivity index (χ3v) is 5.05. The molecule has 2 rings (SSSR count). The molecule has 3 unspecified atom stereocenters. The van der Waals surface area contributed by atoms with Gasteiger partial charge in [0.2, 0.25) is 0 Å². The van der Waals surface area contributed by atoms with Crippen LogP contribution in [0.25, 0.3) is 0 Å².